The number of ether oxygens (including phenoxy) is 1. The highest BCUT2D eigenvalue weighted by atomic mass is 16.5. The summed E-state index contributed by atoms with van der Waals surface area (Å²) in [7, 11) is 1.38. The van der Waals surface area contributed by atoms with Gasteiger partial charge < -0.3 is 9.64 Å². The first-order chi connectivity index (χ1) is 8.47. The normalized spacial score (nSPS) is 13.8. The molecule has 0 aliphatic heterocycles. The van der Waals surface area contributed by atoms with E-state index in [-0.39, 0.29) is 23.8 Å². The molecule has 0 aromatic carbocycles. The summed E-state index contributed by atoms with van der Waals surface area (Å²) in [6.07, 6.45) is 3.37. The van der Waals surface area contributed by atoms with Gasteiger partial charge in [0.05, 0.1) is 13.0 Å². The summed E-state index contributed by atoms with van der Waals surface area (Å²) in [4.78, 5) is 25.4. The van der Waals surface area contributed by atoms with E-state index in [1.54, 1.807) is 6.92 Å². The van der Waals surface area contributed by atoms with E-state index in [1.165, 1.54) is 7.11 Å². The number of methoxy groups -OCH3 is 1. The number of carbonyl (C=O) groups excluding carboxylic acids is 2. The Labute approximate surface area is 111 Å². The molecule has 106 valence electrons. The molecule has 0 N–H and O–H groups in total. The molecule has 0 aliphatic rings. The minimum Gasteiger partial charge on any atom is -0.469 e. The fourth-order valence-corrected chi connectivity index (χ4v) is 1.79. The number of amides is 1. The molecule has 0 saturated carbocycles. The van der Waals surface area contributed by atoms with Gasteiger partial charge in [0.1, 0.15) is 0 Å². The average Bonchev–Trinajstić information content (AvgIpc) is 2.39. The Balaban J connectivity index is 4.58. The van der Waals surface area contributed by atoms with Gasteiger partial charge in [0.25, 0.3) is 0 Å². The van der Waals surface area contributed by atoms with E-state index in [2.05, 4.69) is 6.92 Å². The van der Waals surface area contributed by atoms with E-state index in [0.29, 0.717) is 13.0 Å². The molecule has 0 aromatic heterocycles. The second-order valence-corrected chi connectivity index (χ2v) is 4.83. The number of carbonyl (C=O) groups is 2. The maximum atomic E-state index is 12.1. The largest absolute Gasteiger partial charge is 0.469 e. The molecule has 2 atom stereocenters. The van der Waals surface area contributed by atoms with Crippen LogP contribution in [0.1, 0.15) is 53.4 Å². The van der Waals surface area contributed by atoms with Gasteiger partial charge in [-0.2, -0.15) is 0 Å². The van der Waals surface area contributed by atoms with Crippen LogP contribution >= 0.6 is 0 Å². The van der Waals surface area contributed by atoms with Crippen molar-refractivity contribution in [2.75, 3.05) is 13.7 Å². The van der Waals surface area contributed by atoms with Crippen molar-refractivity contribution in [3.63, 3.8) is 0 Å². The molecule has 18 heavy (non-hydrogen) atoms. The number of esters is 1. The third-order valence-corrected chi connectivity index (χ3v) is 3.26. The molecular formula is C14H27NO3. The third kappa shape index (κ3) is 5.52. The Hall–Kier alpha value is -1.06. The zero-order valence-electron chi connectivity index (χ0n) is 12.4. The summed E-state index contributed by atoms with van der Waals surface area (Å²) < 4.78 is 4.71. The smallest absolute Gasteiger partial charge is 0.310 e. The van der Waals surface area contributed by atoms with Gasteiger partial charge in [-0.05, 0) is 19.8 Å². The highest BCUT2D eigenvalue weighted by Crippen LogP contribution is 2.12. The zero-order chi connectivity index (χ0) is 14.1. The van der Waals surface area contributed by atoms with E-state index in [0.717, 1.165) is 19.3 Å². The van der Waals surface area contributed by atoms with Crippen molar-refractivity contribution >= 4 is 11.9 Å². The molecule has 4 heteroatoms. The SMILES string of the molecule is CCCCC(=O)N(CC(C)C(=O)OC)C(C)CC. The molecule has 0 radical (unpaired) electrons. The van der Waals surface area contributed by atoms with Crippen LogP contribution in [-0.2, 0) is 14.3 Å². The van der Waals surface area contributed by atoms with E-state index < -0.39 is 0 Å². The molecule has 0 saturated heterocycles. The van der Waals surface area contributed by atoms with Crippen LogP contribution in [0.3, 0.4) is 0 Å². The molecule has 0 spiro atoms. The lowest BCUT2D eigenvalue weighted by Gasteiger charge is -2.30. The van der Waals surface area contributed by atoms with Gasteiger partial charge in [-0.3, -0.25) is 9.59 Å². The molecule has 0 rings (SSSR count). The Kier molecular flexibility index (Phi) is 8.42. The first-order valence-electron chi connectivity index (χ1n) is 6.85. The third-order valence-electron chi connectivity index (χ3n) is 3.26. The van der Waals surface area contributed by atoms with Crippen molar-refractivity contribution in [1.82, 2.24) is 4.90 Å². The summed E-state index contributed by atoms with van der Waals surface area (Å²) in [5.41, 5.74) is 0. The number of unbranched alkanes of at least 4 members (excludes halogenated alkanes) is 1. The van der Waals surface area contributed by atoms with Crippen LogP contribution in [-0.4, -0.2) is 36.5 Å². The fourth-order valence-electron chi connectivity index (χ4n) is 1.79. The maximum absolute atomic E-state index is 12.1. The van der Waals surface area contributed by atoms with Gasteiger partial charge in [-0.25, -0.2) is 0 Å². The van der Waals surface area contributed by atoms with E-state index in [1.807, 2.05) is 18.7 Å². The van der Waals surface area contributed by atoms with Crippen molar-refractivity contribution in [2.45, 2.75) is 59.4 Å². The molecular weight excluding hydrogens is 230 g/mol. The van der Waals surface area contributed by atoms with Crippen molar-refractivity contribution in [3.05, 3.63) is 0 Å². The maximum Gasteiger partial charge on any atom is 0.310 e. The Morgan fingerprint density at radius 3 is 2.28 bits per heavy atom. The molecule has 0 heterocycles. The first-order valence-corrected chi connectivity index (χ1v) is 6.85. The molecule has 2 unspecified atom stereocenters. The van der Waals surface area contributed by atoms with E-state index in [9.17, 15) is 9.59 Å². The van der Waals surface area contributed by atoms with Crippen molar-refractivity contribution < 1.29 is 14.3 Å². The molecule has 0 aromatic rings. The highest BCUT2D eigenvalue weighted by molar-refractivity contribution is 5.78. The van der Waals surface area contributed by atoms with Crippen LogP contribution in [0, 0.1) is 5.92 Å². The van der Waals surface area contributed by atoms with Crippen molar-refractivity contribution in [2.24, 2.45) is 5.92 Å². The summed E-state index contributed by atoms with van der Waals surface area (Å²) in [6.45, 7) is 8.39. The van der Waals surface area contributed by atoms with Crippen LogP contribution in [0.15, 0.2) is 0 Å². The Bertz CT molecular complexity index is 266. The lowest BCUT2D eigenvalue weighted by molar-refractivity contribution is -0.147. The molecule has 1 amide bonds. The van der Waals surface area contributed by atoms with Gasteiger partial charge in [0.15, 0.2) is 0 Å². The predicted molar refractivity (Wildman–Crippen MR) is 72.2 cm³/mol. The van der Waals surface area contributed by atoms with Crippen molar-refractivity contribution in [3.8, 4) is 0 Å². The molecule has 4 nitrogen and oxygen atoms in total. The highest BCUT2D eigenvalue weighted by Gasteiger charge is 2.24. The number of nitrogens with zero attached hydrogens (tertiary/aromatic N) is 1. The topological polar surface area (TPSA) is 46.6 Å². The van der Waals surface area contributed by atoms with E-state index >= 15 is 0 Å². The standard InChI is InChI=1S/C14H27NO3/c1-6-8-9-13(16)15(12(4)7-2)10-11(3)14(17)18-5/h11-12H,6-10H2,1-5H3. The van der Waals surface area contributed by atoms with Crippen LogP contribution in [0.4, 0.5) is 0 Å². The number of rotatable bonds is 8. The molecule has 0 bridgehead atoms. The second-order valence-electron chi connectivity index (χ2n) is 4.83. The van der Waals surface area contributed by atoms with Gasteiger partial charge in [0.2, 0.25) is 5.91 Å². The minimum absolute atomic E-state index is 0.141. The first kappa shape index (κ1) is 16.9. The van der Waals surface area contributed by atoms with Gasteiger partial charge >= 0.3 is 5.97 Å². The molecule has 0 aliphatic carbocycles. The van der Waals surface area contributed by atoms with Crippen LogP contribution in [0.5, 0.6) is 0 Å². The van der Waals surface area contributed by atoms with Crippen LogP contribution < -0.4 is 0 Å². The predicted octanol–water partition coefficient (Wildman–Crippen LogP) is 2.61. The lowest BCUT2D eigenvalue weighted by Crippen LogP contribution is -2.42. The zero-order valence-corrected chi connectivity index (χ0v) is 12.4. The number of hydrogen-bond acceptors (Lipinski definition) is 3. The van der Waals surface area contributed by atoms with Crippen LogP contribution in [0.2, 0.25) is 0 Å². The fraction of sp³-hybridized carbons (Fsp3) is 0.857. The lowest BCUT2D eigenvalue weighted by atomic mass is 10.1. The van der Waals surface area contributed by atoms with Gasteiger partial charge in [0, 0.05) is 19.0 Å². The minimum atomic E-state index is -0.269. The summed E-state index contributed by atoms with van der Waals surface area (Å²) in [5, 5.41) is 0. The second kappa shape index (κ2) is 8.95. The van der Waals surface area contributed by atoms with Gasteiger partial charge in [-0.15, -0.1) is 0 Å². The molecule has 0 fully saturated rings. The Morgan fingerprint density at radius 2 is 1.83 bits per heavy atom. The summed E-state index contributed by atoms with van der Waals surface area (Å²) >= 11 is 0. The average molecular weight is 257 g/mol. The summed E-state index contributed by atoms with van der Waals surface area (Å²) in [6, 6.07) is 0.168. The number of hydrogen-bond donors (Lipinski definition) is 0. The monoisotopic (exact) mass is 257 g/mol. The quantitative estimate of drug-likeness (QED) is 0.628. The van der Waals surface area contributed by atoms with Gasteiger partial charge in [-0.1, -0.05) is 27.2 Å². The van der Waals surface area contributed by atoms with Crippen LogP contribution in [0.25, 0.3) is 0 Å². The van der Waals surface area contributed by atoms with Crippen molar-refractivity contribution in [1.29, 1.82) is 0 Å². The summed E-state index contributed by atoms with van der Waals surface area (Å²) in [5.74, 6) is -0.386. The van der Waals surface area contributed by atoms with E-state index in [4.69, 9.17) is 4.74 Å². The Morgan fingerprint density at radius 1 is 1.22 bits per heavy atom.